The summed E-state index contributed by atoms with van der Waals surface area (Å²) in [6.07, 6.45) is 0.655. The minimum Gasteiger partial charge on any atom is -0.493 e. The SMILES string of the molecule is COc1ccc(CNC2(C)CCS(=O)(=O)C2)cc1OC. The molecule has 0 saturated carbocycles. The summed E-state index contributed by atoms with van der Waals surface area (Å²) in [7, 11) is 0.306. The molecular formula is C14H21NO4S. The van der Waals surface area contributed by atoms with Crippen molar-refractivity contribution in [3.05, 3.63) is 23.8 Å². The molecule has 1 unspecified atom stereocenters. The fourth-order valence-electron chi connectivity index (χ4n) is 2.46. The van der Waals surface area contributed by atoms with Crippen LogP contribution < -0.4 is 14.8 Å². The Hall–Kier alpha value is -1.27. The van der Waals surface area contributed by atoms with Gasteiger partial charge in [0.05, 0.1) is 25.7 Å². The lowest BCUT2D eigenvalue weighted by atomic mass is 10.0. The lowest BCUT2D eigenvalue weighted by Gasteiger charge is -2.24. The normalized spacial score (nSPS) is 24.6. The number of rotatable bonds is 5. The first-order chi connectivity index (χ1) is 9.37. The van der Waals surface area contributed by atoms with E-state index in [4.69, 9.17) is 9.47 Å². The average molecular weight is 299 g/mol. The minimum absolute atomic E-state index is 0.202. The van der Waals surface area contributed by atoms with Crippen molar-refractivity contribution in [1.29, 1.82) is 0 Å². The monoisotopic (exact) mass is 299 g/mol. The van der Waals surface area contributed by atoms with Crippen LogP contribution in [-0.4, -0.2) is 39.7 Å². The van der Waals surface area contributed by atoms with Crippen LogP contribution in [0.25, 0.3) is 0 Å². The third kappa shape index (κ3) is 3.43. The van der Waals surface area contributed by atoms with Crippen LogP contribution in [0.15, 0.2) is 18.2 Å². The third-order valence-corrected chi connectivity index (χ3v) is 5.57. The maximum Gasteiger partial charge on any atom is 0.161 e. The highest BCUT2D eigenvalue weighted by atomic mass is 32.2. The van der Waals surface area contributed by atoms with Gasteiger partial charge in [-0.15, -0.1) is 0 Å². The molecule has 2 rings (SSSR count). The first-order valence-electron chi connectivity index (χ1n) is 6.54. The van der Waals surface area contributed by atoms with Gasteiger partial charge in [0, 0.05) is 12.1 Å². The second-order valence-corrected chi connectivity index (χ2v) is 7.63. The van der Waals surface area contributed by atoms with E-state index in [0.29, 0.717) is 24.5 Å². The number of sulfone groups is 1. The Morgan fingerprint density at radius 2 is 1.95 bits per heavy atom. The van der Waals surface area contributed by atoms with Crippen LogP contribution in [0.5, 0.6) is 11.5 Å². The van der Waals surface area contributed by atoms with Crippen molar-refractivity contribution in [2.75, 3.05) is 25.7 Å². The maximum absolute atomic E-state index is 11.6. The van der Waals surface area contributed by atoms with E-state index in [1.807, 2.05) is 25.1 Å². The molecule has 6 heteroatoms. The van der Waals surface area contributed by atoms with Crippen LogP contribution in [0.2, 0.25) is 0 Å². The molecule has 5 nitrogen and oxygen atoms in total. The standard InChI is InChI=1S/C14H21NO4S/c1-14(6-7-20(16,17)10-14)15-9-11-4-5-12(18-2)13(8-11)19-3/h4-5,8,15H,6-7,9-10H2,1-3H3. The quantitative estimate of drug-likeness (QED) is 0.889. The Labute approximate surface area is 120 Å². The highest BCUT2D eigenvalue weighted by molar-refractivity contribution is 7.91. The lowest BCUT2D eigenvalue weighted by molar-refractivity contribution is 0.353. The van der Waals surface area contributed by atoms with Crippen molar-refractivity contribution in [1.82, 2.24) is 5.32 Å². The van der Waals surface area contributed by atoms with E-state index in [2.05, 4.69) is 5.32 Å². The van der Waals surface area contributed by atoms with Gasteiger partial charge < -0.3 is 14.8 Å². The number of nitrogens with one attached hydrogen (secondary N) is 1. The molecule has 0 aliphatic carbocycles. The number of ether oxygens (including phenoxy) is 2. The molecule has 1 aromatic carbocycles. The summed E-state index contributed by atoms with van der Waals surface area (Å²) in [6, 6.07) is 5.70. The Morgan fingerprint density at radius 3 is 2.50 bits per heavy atom. The summed E-state index contributed by atoms with van der Waals surface area (Å²) in [5.41, 5.74) is 0.694. The van der Waals surface area contributed by atoms with Gasteiger partial charge in [-0.2, -0.15) is 0 Å². The maximum atomic E-state index is 11.6. The van der Waals surface area contributed by atoms with Crippen LogP contribution in [0.1, 0.15) is 18.9 Å². The zero-order chi connectivity index (χ0) is 14.8. The fourth-order valence-corrected chi connectivity index (χ4v) is 4.58. The molecule has 1 atom stereocenters. The second-order valence-electron chi connectivity index (χ2n) is 5.45. The minimum atomic E-state index is -2.89. The zero-order valence-electron chi connectivity index (χ0n) is 12.1. The fraction of sp³-hybridized carbons (Fsp3) is 0.571. The predicted molar refractivity (Wildman–Crippen MR) is 78.1 cm³/mol. The Morgan fingerprint density at radius 1 is 1.25 bits per heavy atom. The van der Waals surface area contributed by atoms with E-state index in [-0.39, 0.29) is 17.0 Å². The van der Waals surface area contributed by atoms with Gasteiger partial charge in [0.1, 0.15) is 0 Å². The van der Waals surface area contributed by atoms with Gasteiger partial charge in [-0.25, -0.2) is 8.42 Å². The molecule has 0 radical (unpaired) electrons. The molecule has 1 aliphatic heterocycles. The van der Waals surface area contributed by atoms with Crippen LogP contribution in [-0.2, 0) is 16.4 Å². The molecule has 0 spiro atoms. The van der Waals surface area contributed by atoms with Gasteiger partial charge in [0.2, 0.25) is 0 Å². The van der Waals surface area contributed by atoms with Gasteiger partial charge in [-0.3, -0.25) is 0 Å². The predicted octanol–water partition coefficient (Wildman–Crippen LogP) is 1.37. The second kappa shape index (κ2) is 5.61. The van der Waals surface area contributed by atoms with Crippen molar-refractivity contribution in [2.45, 2.75) is 25.4 Å². The van der Waals surface area contributed by atoms with E-state index >= 15 is 0 Å². The van der Waals surface area contributed by atoms with E-state index in [9.17, 15) is 8.42 Å². The smallest absolute Gasteiger partial charge is 0.161 e. The molecule has 1 N–H and O–H groups in total. The summed E-state index contributed by atoms with van der Waals surface area (Å²) in [6.45, 7) is 2.56. The lowest BCUT2D eigenvalue weighted by Crippen LogP contribution is -2.42. The molecule has 1 heterocycles. The first-order valence-corrected chi connectivity index (χ1v) is 8.36. The highest BCUT2D eigenvalue weighted by Gasteiger charge is 2.37. The molecule has 1 saturated heterocycles. The van der Waals surface area contributed by atoms with E-state index < -0.39 is 9.84 Å². The molecule has 0 aromatic heterocycles. The van der Waals surface area contributed by atoms with Crippen molar-refractivity contribution in [3.63, 3.8) is 0 Å². The van der Waals surface area contributed by atoms with Crippen LogP contribution in [0.4, 0.5) is 0 Å². The van der Waals surface area contributed by atoms with Crippen molar-refractivity contribution >= 4 is 9.84 Å². The molecule has 0 amide bonds. The number of hydrogen-bond acceptors (Lipinski definition) is 5. The number of benzene rings is 1. The first kappa shape index (κ1) is 15.1. The van der Waals surface area contributed by atoms with E-state index in [0.717, 1.165) is 5.56 Å². The molecule has 20 heavy (non-hydrogen) atoms. The van der Waals surface area contributed by atoms with Gasteiger partial charge in [0.25, 0.3) is 0 Å². The Bertz CT molecular complexity index is 585. The van der Waals surface area contributed by atoms with Crippen molar-refractivity contribution in [2.24, 2.45) is 0 Å². The summed E-state index contributed by atoms with van der Waals surface area (Å²) >= 11 is 0. The number of methoxy groups -OCH3 is 2. The number of hydrogen-bond donors (Lipinski definition) is 1. The molecule has 1 fully saturated rings. The van der Waals surface area contributed by atoms with Gasteiger partial charge in [-0.1, -0.05) is 6.07 Å². The van der Waals surface area contributed by atoms with Crippen LogP contribution in [0, 0.1) is 0 Å². The van der Waals surface area contributed by atoms with Crippen molar-refractivity contribution in [3.8, 4) is 11.5 Å². The van der Waals surface area contributed by atoms with Crippen molar-refractivity contribution < 1.29 is 17.9 Å². The average Bonchev–Trinajstić information content (AvgIpc) is 2.70. The van der Waals surface area contributed by atoms with E-state index in [1.54, 1.807) is 14.2 Å². The van der Waals surface area contributed by atoms with Crippen LogP contribution in [0.3, 0.4) is 0 Å². The van der Waals surface area contributed by atoms with Crippen LogP contribution >= 0.6 is 0 Å². The largest absolute Gasteiger partial charge is 0.493 e. The van der Waals surface area contributed by atoms with Gasteiger partial charge in [0.15, 0.2) is 21.3 Å². The molecule has 1 aromatic rings. The molecule has 0 bridgehead atoms. The molecular weight excluding hydrogens is 278 g/mol. The van der Waals surface area contributed by atoms with E-state index in [1.165, 1.54) is 0 Å². The van der Waals surface area contributed by atoms with Gasteiger partial charge >= 0.3 is 0 Å². The Kier molecular flexibility index (Phi) is 4.25. The molecule has 112 valence electrons. The summed E-state index contributed by atoms with van der Waals surface area (Å²) in [5, 5.41) is 3.34. The summed E-state index contributed by atoms with van der Waals surface area (Å²) in [5.74, 6) is 1.83. The van der Waals surface area contributed by atoms with Gasteiger partial charge in [-0.05, 0) is 31.0 Å². The topological polar surface area (TPSA) is 64.6 Å². The summed E-state index contributed by atoms with van der Waals surface area (Å²) in [4.78, 5) is 0. The molecule has 1 aliphatic rings. The third-order valence-electron chi connectivity index (χ3n) is 3.67. The Balaban J connectivity index is 2.04. The summed E-state index contributed by atoms with van der Waals surface area (Å²) < 4.78 is 33.6. The highest BCUT2D eigenvalue weighted by Crippen LogP contribution is 2.28. The zero-order valence-corrected chi connectivity index (χ0v) is 12.9.